The van der Waals surface area contributed by atoms with Gasteiger partial charge in [-0.15, -0.1) is 24.0 Å². The van der Waals surface area contributed by atoms with Crippen LogP contribution in [0.25, 0.3) is 0 Å². The summed E-state index contributed by atoms with van der Waals surface area (Å²) in [6.45, 7) is 8.84. The third-order valence-corrected chi connectivity index (χ3v) is 5.60. The van der Waals surface area contributed by atoms with Crippen molar-refractivity contribution in [3.63, 3.8) is 0 Å². The Bertz CT molecular complexity index is 906. The van der Waals surface area contributed by atoms with Crippen molar-refractivity contribution in [3.8, 4) is 0 Å². The molecule has 1 saturated heterocycles. The second-order valence-electron chi connectivity index (χ2n) is 8.35. The second-order valence-corrected chi connectivity index (χ2v) is 8.35. The molecule has 2 aromatic rings. The van der Waals surface area contributed by atoms with Gasteiger partial charge in [0, 0.05) is 45.8 Å². The van der Waals surface area contributed by atoms with Crippen LogP contribution in [0.3, 0.4) is 0 Å². The Kier molecular flexibility index (Phi) is 9.96. The van der Waals surface area contributed by atoms with E-state index in [1.807, 2.05) is 50.1 Å². The van der Waals surface area contributed by atoms with E-state index < -0.39 is 0 Å². The number of carbonyl (C=O) groups is 1. The molecule has 1 fully saturated rings. The number of guanidine groups is 1. The molecular weight excluding hydrogens is 515 g/mol. The van der Waals surface area contributed by atoms with Crippen molar-refractivity contribution in [2.45, 2.75) is 46.1 Å². The lowest BCUT2D eigenvalue weighted by Crippen LogP contribution is -2.48. The first kappa shape index (κ1) is 26.1. The molecule has 2 unspecified atom stereocenters. The maximum absolute atomic E-state index is 12.8. The van der Waals surface area contributed by atoms with Crippen LogP contribution in [0.2, 0.25) is 0 Å². The van der Waals surface area contributed by atoms with Gasteiger partial charge in [-0.3, -0.25) is 9.79 Å². The molecule has 0 aliphatic carbocycles. The van der Waals surface area contributed by atoms with Gasteiger partial charge in [-0.2, -0.15) is 0 Å². The number of aryl methyl sites for hydroxylation is 1. The van der Waals surface area contributed by atoms with Crippen LogP contribution in [0, 0.1) is 6.92 Å². The Balaban J connectivity index is 0.00000363. The number of aliphatic imine (C=N–C) groups is 1. The van der Waals surface area contributed by atoms with Crippen LogP contribution >= 0.6 is 24.0 Å². The number of nitrogens with zero attached hydrogens (tertiary/aromatic N) is 3. The van der Waals surface area contributed by atoms with Gasteiger partial charge < -0.3 is 19.9 Å². The minimum Gasteiger partial charge on any atom is -0.372 e. The summed E-state index contributed by atoms with van der Waals surface area (Å²) in [5, 5.41) is 3.41. The molecular formula is C25H35IN4O2. The summed E-state index contributed by atoms with van der Waals surface area (Å²) in [5.74, 6) is 0.898. The van der Waals surface area contributed by atoms with Crippen molar-refractivity contribution in [3.05, 3.63) is 70.8 Å². The zero-order chi connectivity index (χ0) is 22.4. The topological polar surface area (TPSA) is 57.2 Å². The predicted octanol–water partition coefficient (Wildman–Crippen LogP) is 4.07. The van der Waals surface area contributed by atoms with Gasteiger partial charge in [-0.1, -0.05) is 36.4 Å². The van der Waals surface area contributed by atoms with E-state index >= 15 is 0 Å². The van der Waals surface area contributed by atoms with Gasteiger partial charge in [-0.25, -0.2) is 0 Å². The number of amides is 1. The number of benzene rings is 2. The average Bonchev–Trinajstić information content (AvgIpc) is 2.75. The number of carbonyl (C=O) groups excluding carboxylic acids is 1. The van der Waals surface area contributed by atoms with Crippen molar-refractivity contribution in [2.75, 3.05) is 27.2 Å². The lowest BCUT2D eigenvalue weighted by atomic mass is 10.1. The first-order valence-corrected chi connectivity index (χ1v) is 10.9. The number of hydrogen-bond donors (Lipinski definition) is 1. The fourth-order valence-electron chi connectivity index (χ4n) is 3.98. The fraction of sp³-hybridized carbons (Fsp3) is 0.440. The molecule has 1 aliphatic heterocycles. The molecule has 7 heteroatoms. The monoisotopic (exact) mass is 550 g/mol. The predicted molar refractivity (Wildman–Crippen MR) is 141 cm³/mol. The van der Waals surface area contributed by atoms with E-state index in [1.165, 1.54) is 11.1 Å². The molecule has 0 spiro atoms. The van der Waals surface area contributed by atoms with E-state index in [1.54, 1.807) is 7.05 Å². The Hall–Kier alpha value is -2.13. The van der Waals surface area contributed by atoms with Crippen molar-refractivity contribution < 1.29 is 9.53 Å². The van der Waals surface area contributed by atoms with Gasteiger partial charge in [0.2, 0.25) is 0 Å². The van der Waals surface area contributed by atoms with E-state index in [9.17, 15) is 4.79 Å². The molecule has 32 heavy (non-hydrogen) atoms. The molecule has 3 rings (SSSR count). The maximum Gasteiger partial charge on any atom is 0.254 e. The number of halogens is 1. The van der Waals surface area contributed by atoms with Gasteiger partial charge >= 0.3 is 0 Å². The standard InChI is InChI=1S/C25H34N4O2.HI/c1-18-8-6-7-9-23(18)17-28(5)25(26-4)27-14-21-10-12-22(13-11-21)24(30)29-15-19(2)31-20(3)16-29;/h6-13,19-20H,14-17H2,1-5H3,(H,26,27);1H. The Morgan fingerprint density at radius 1 is 1.12 bits per heavy atom. The summed E-state index contributed by atoms with van der Waals surface area (Å²) in [5.41, 5.74) is 4.37. The molecule has 0 radical (unpaired) electrons. The number of hydrogen-bond acceptors (Lipinski definition) is 3. The summed E-state index contributed by atoms with van der Waals surface area (Å²) in [7, 11) is 3.83. The van der Waals surface area contributed by atoms with Gasteiger partial charge in [0.25, 0.3) is 5.91 Å². The van der Waals surface area contributed by atoms with Gasteiger partial charge in [0.05, 0.1) is 12.2 Å². The minimum absolute atomic E-state index is 0. The molecule has 2 aromatic carbocycles. The van der Waals surface area contributed by atoms with Crippen LogP contribution in [0.15, 0.2) is 53.5 Å². The zero-order valence-electron chi connectivity index (χ0n) is 19.7. The van der Waals surface area contributed by atoms with E-state index in [2.05, 4.69) is 46.4 Å². The molecule has 1 aliphatic rings. The lowest BCUT2D eigenvalue weighted by Gasteiger charge is -2.35. The molecule has 0 saturated carbocycles. The van der Waals surface area contributed by atoms with Gasteiger partial charge in [0.15, 0.2) is 5.96 Å². The summed E-state index contributed by atoms with van der Waals surface area (Å²) >= 11 is 0. The number of morpholine rings is 1. The Labute approximate surface area is 209 Å². The molecule has 2 atom stereocenters. The molecule has 1 amide bonds. The molecule has 1 N–H and O–H groups in total. The average molecular weight is 550 g/mol. The van der Waals surface area contributed by atoms with E-state index in [0.717, 1.165) is 18.1 Å². The van der Waals surface area contributed by atoms with Crippen molar-refractivity contribution >= 4 is 35.8 Å². The normalized spacial score (nSPS) is 18.7. The fourth-order valence-corrected chi connectivity index (χ4v) is 3.98. The lowest BCUT2D eigenvalue weighted by molar-refractivity contribution is -0.0586. The number of ether oxygens (including phenoxy) is 1. The van der Waals surface area contributed by atoms with Crippen molar-refractivity contribution in [1.29, 1.82) is 0 Å². The Morgan fingerprint density at radius 2 is 1.75 bits per heavy atom. The molecule has 1 heterocycles. The Morgan fingerprint density at radius 3 is 2.34 bits per heavy atom. The maximum atomic E-state index is 12.8. The molecule has 174 valence electrons. The largest absolute Gasteiger partial charge is 0.372 e. The third kappa shape index (κ3) is 6.93. The first-order chi connectivity index (χ1) is 14.9. The minimum atomic E-state index is 0. The van der Waals surface area contributed by atoms with Crippen LogP contribution in [0.4, 0.5) is 0 Å². The highest BCUT2D eigenvalue weighted by Gasteiger charge is 2.26. The van der Waals surface area contributed by atoms with Gasteiger partial charge in [0.1, 0.15) is 0 Å². The highest BCUT2D eigenvalue weighted by atomic mass is 127. The quantitative estimate of drug-likeness (QED) is 0.347. The molecule has 0 aromatic heterocycles. The summed E-state index contributed by atoms with van der Waals surface area (Å²) in [6.07, 6.45) is 0.138. The highest BCUT2D eigenvalue weighted by molar-refractivity contribution is 14.0. The van der Waals surface area contributed by atoms with Crippen LogP contribution in [-0.2, 0) is 17.8 Å². The zero-order valence-corrected chi connectivity index (χ0v) is 22.0. The number of rotatable bonds is 5. The SMILES string of the molecule is CN=C(NCc1ccc(C(=O)N2CC(C)OC(C)C2)cc1)N(C)Cc1ccccc1C.I. The van der Waals surface area contributed by atoms with Crippen molar-refractivity contribution in [1.82, 2.24) is 15.1 Å². The third-order valence-electron chi connectivity index (χ3n) is 5.60. The van der Waals surface area contributed by atoms with E-state index in [-0.39, 0.29) is 42.1 Å². The van der Waals surface area contributed by atoms with Crippen molar-refractivity contribution in [2.24, 2.45) is 4.99 Å². The first-order valence-electron chi connectivity index (χ1n) is 10.9. The molecule has 0 bridgehead atoms. The second kappa shape index (κ2) is 12.2. The van der Waals surface area contributed by atoms with Crippen LogP contribution < -0.4 is 5.32 Å². The van der Waals surface area contributed by atoms with E-state index in [4.69, 9.17) is 4.74 Å². The summed E-state index contributed by atoms with van der Waals surface area (Å²) < 4.78 is 5.73. The van der Waals surface area contributed by atoms with E-state index in [0.29, 0.717) is 25.2 Å². The summed E-state index contributed by atoms with van der Waals surface area (Å²) in [4.78, 5) is 21.2. The van der Waals surface area contributed by atoms with Gasteiger partial charge in [-0.05, 0) is 49.6 Å². The summed E-state index contributed by atoms with van der Waals surface area (Å²) in [6, 6.07) is 16.2. The van der Waals surface area contributed by atoms with Crippen LogP contribution in [0.5, 0.6) is 0 Å². The smallest absolute Gasteiger partial charge is 0.254 e. The van der Waals surface area contributed by atoms with Crippen LogP contribution in [-0.4, -0.2) is 61.1 Å². The molecule has 6 nitrogen and oxygen atoms in total. The van der Waals surface area contributed by atoms with Crippen LogP contribution in [0.1, 0.15) is 40.9 Å². The highest BCUT2D eigenvalue weighted by Crippen LogP contribution is 2.15. The number of nitrogens with one attached hydrogen (secondary N) is 1.